The molecule has 4 heteroatoms. The second-order valence-corrected chi connectivity index (χ2v) is 6.71. The van der Waals surface area contributed by atoms with E-state index in [0.717, 1.165) is 42.6 Å². The SMILES string of the molecule is Cc1cc2oc(=O)cc(CN(C)CC3CCCCO3)c2cc1C. The van der Waals surface area contributed by atoms with Crippen LogP contribution in [-0.2, 0) is 11.3 Å². The lowest BCUT2D eigenvalue weighted by molar-refractivity contribution is -0.00255. The van der Waals surface area contributed by atoms with E-state index >= 15 is 0 Å². The number of fused-ring (bicyclic) bond motifs is 1. The Kier molecular flexibility index (Phi) is 4.83. The van der Waals surface area contributed by atoms with Gasteiger partial charge in [0.2, 0.25) is 0 Å². The number of nitrogens with zero attached hydrogens (tertiary/aromatic N) is 1. The monoisotopic (exact) mass is 315 g/mol. The molecule has 0 bridgehead atoms. The summed E-state index contributed by atoms with van der Waals surface area (Å²) in [5.41, 5.74) is 3.78. The fourth-order valence-electron chi connectivity index (χ4n) is 3.27. The van der Waals surface area contributed by atoms with E-state index in [1.54, 1.807) is 6.07 Å². The van der Waals surface area contributed by atoms with Gasteiger partial charge in [0, 0.05) is 31.1 Å². The normalized spacial score (nSPS) is 18.7. The summed E-state index contributed by atoms with van der Waals surface area (Å²) in [6.07, 6.45) is 3.85. The molecule has 1 aromatic carbocycles. The van der Waals surface area contributed by atoms with Crippen LogP contribution in [0.15, 0.2) is 27.4 Å². The quantitative estimate of drug-likeness (QED) is 0.811. The number of rotatable bonds is 4. The molecule has 0 N–H and O–H groups in total. The van der Waals surface area contributed by atoms with E-state index in [2.05, 4.69) is 24.9 Å². The highest BCUT2D eigenvalue weighted by atomic mass is 16.5. The molecular weight excluding hydrogens is 290 g/mol. The summed E-state index contributed by atoms with van der Waals surface area (Å²) >= 11 is 0. The van der Waals surface area contributed by atoms with Gasteiger partial charge in [-0.25, -0.2) is 4.79 Å². The zero-order chi connectivity index (χ0) is 16.4. The Morgan fingerprint density at radius 3 is 2.70 bits per heavy atom. The van der Waals surface area contributed by atoms with Gasteiger partial charge < -0.3 is 9.15 Å². The van der Waals surface area contributed by atoms with E-state index in [1.807, 2.05) is 13.0 Å². The second kappa shape index (κ2) is 6.85. The Hall–Kier alpha value is -1.65. The van der Waals surface area contributed by atoms with Gasteiger partial charge in [0.1, 0.15) is 5.58 Å². The molecule has 0 radical (unpaired) electrons. The van der Waals surface area contributed by atoms with E-state index in [4.69, 9.17) is 9.15 Å². The summed E-state index contributed by atoms with van der Waals surface area (Å²) in [5, 5.41) is 1.03. The molecule has 3 rings (SSSR count). The number of hydrogen-bond acceptors (Lipinski definition) is 4. The van der Waals surface area contributed by atoms with Crippen LogP contribution in [0.3, 0.4) is 0 Å². The van der Waals surface area contributed by atoms with E-state index in [-0.39, 0.29) is 5.63 Å². The van der Waals surface area contributed by atoms with Crippen molar-refractivity contribution in [3.05, 3.63) is 45.3 Å². The summed E-state index contributed by atoms with van der Waals surface area (Å²) in [6.45, 7) is 6.61. The Bertz CT molecular complexity index is 744. The van der Waals surface area contributed by atoms with Crippen molar-refractivity contribution in [3.8, 4) is 0 Å². The summed E-state index contributed by atoms with van der Waals surface area (Å²) in [6, 6.07) is 5.70. The van der Waals surface area contributed by atoms with Gasteiger partial charge in [0.05, 0.1) is 6.10 Å². The first-order valence-corrected chi connectivity index (χ1v) is 8.37. The van der Waals surface area contributed by atoms with Gasteiger partial charge >= 0.3 is 5.63 Å². The van der Waals surface area contributed by atoms with Gasteiger partial charge in [-0.2, -0.15) is 0 Å². The van der Waals surface area contributed by atoms with E-state index in [0.29, 0.717) is 11.7 Å². The predicted molar refractivity (Wildman–Crippen MR) is 91.9 cm³/mol. The van der Waals surface area contributed by atoms with E-state index in [1.165, 1.54) is 18.4 Å². The van der Waals surface area contributed by atoms with Crippen LogP contribution < -0.4 is 5.63 Å². The number of ether oxygens (including phenoxy) is 1. The third-order valence-electron chi connectivity index (χ3n) is 4.67. The molecular formula is C19H25NO3. The summed E-state index contributed by atoms with van der Waals surface area (Å²) in [7, 11) is 2.08. The molecule has 1 saturated heterocycles. The lowest BCUT2D eigenvalue weighted by atomic mass is 10.0. The third kappa shape index (κ3) is 3.82. The molecule has 2 heterocycles. The lowest BCUT2D eigenvalue weighted by Gasteiger charge is -2.27. The van der Waals surface area contributed by atoms with E-state index in [9.17, 15) is 4.79 Å². The molecule has 23 heavy (non-hydrogen) atoms. The second-order valence-electron chi connectivity index (χ2n) is 6.71. The van der Waals surface area contributed by atoms with Crippen LogP contribution in [0.25, 0.3) is 11.0 Å². The number of aryl methyl sites for hydroxylation is 2. The van der Waals surface area contributed by atoms with Crippen LogP contribution in [-0.4, -0.2) is 31.2 Å². The van der Waals surface area contributed by atoms with Gasteiger partial charge in [-0.3, -0.25) is 4.90 Å². The maximum Gasteiger partial charge on any atom is 0.336 e. The van der Waals surface area contributed by atoms with Crippen molar-refractivity contribution in [3.63, 3.8) is 0 Å². The van der Waals surface area contributed by atoms with Gasteiger partial charge in [-0.05, 0) is 69.0 Å². The highest BCUT2D eigenvalue weighted by Crippen LogP contribution is 2.23. The molecule has 2 aromatic rings. The van der Waals surface area contributed by atoms with Crippen LogP contribution in [0.5, 0.6) is 0 Å². The minimum atomic E-state index is -0.280. The molecule has 0 spiro atoms. The fraction of sp³-hybridized carbons (Fsp3) is 0.526. The van der Waals surface area contributed by atoms with Crippen molar-refractivity contribution < 1.29 is 9.15 Å². The Morgan fingerprint density at radius 2 is 1.96 bits per heavy atom. The molecule has 0 amide bonds. The average Bonchev–Trinajstić information content (AvgIpc) is 2.50. The van der Waals surface area contributed by atoms with Gasteiger partial charge in [-0.15, -0.1) is 0 Å². The number of hydrogen-bond donors (Lipinski definition) is 0. The highest BCUT2D eigenvalue weighted by Gasteiger charge is 2.17. The maximum absolute atomic E-state index is 11.9. The molecule has 0 saturated carbocycles. The summed E-state index contributed by atoms with van der Waals surface area (Å²) < 4.78 is 11.2. The topological polar surface area (TPSA) is 42.7 Å². The molecule has 1 aromatic heterocycles. The minimum absolute atomic E-state index is 0.280. The van der Waals surface area contributed by atoms with Crippen LogP contribution in [0.4, 0.5) is 0 Å². The van der Waals surface area contributed by atoms with Crippen LogP contribution in [0, 0.1) is 13.8 Å². The standard InChI is InChI=1S/C19H25NO3/c1-13-8-17-15(10-19(21)23-18(17)9-14(13)2)11-20(3)12-16-6-4-5-7-22-16/h8-10,16H,4-7,11-12H2,1-3H3. The van der Waals surface area contributed by atoms with Crippen LogP contribution in [0.2, 0.25) is 0 Å². The van der Waals surface area contributed by atoms with Crippen molar-refractivity contribution in [1.82, 2.24) is 4.90 Å². The van der Waals surface area contributed by atoms with E-state index < -0.39 is 0 Å². The Balaban J connectivity index is 1.83. The first kappa shape index (κ1) is 16.2. The lowest BCUT2D eigenvalue weighted by Crippen LogP contribution is -2.33. The molecule has 124 valence electrons. The largest absolute Gasteiger partial charge is 0.423 e. The average molecular weight is 315 g/mol. The van der Waals surface area contributed by atoms with Gasteiger partial charge in [0.25, 0.3) is 0 Å². The first-order valence-electron chi connectivity index (χ1n) is 8.37. The summed E-state index contributed by atoms with van der Waals surface area (Å²) in [5.74, 6) is 0. The van der Waals surface area contributed by atoms with Crippen molar-refractivity contribution >= 4 is 11.0 Å². The van der Waals surface area contributed by atoms with Gasteiger partial charge in [-0.1, -0.05) is 0 Å². The molecule has 0 aliphatic carbocycles. The number of benzene rings is 1. The fourth-order valence-corrected chi connectivity index (χ4v) is 3.27. The zero-order valence-electron chi connectivity index (χ0n) is 14.2. The van der Waals surface area contributed by atoms with Crippen LogP contribution >= 0.6 is 0 Å². The first-order chi connectivity index (χ1) is 11.0. The van der Waals surface area contributed by atoms with Crippen molar-refractivity contribution in [1.29, 1.82) is 0 Å². The molecule has 1 fully saturated rings. The van der Waals surface area contributed by atoms with Crippen molar-refractivity contribution in [2.24, 2.45) is 0 Å². The molecule has 1 atom stereocenters. The third-order valence-corrected chi connectivity index (χ3v) is 4.67. The maximum atomic E-state index is 11.9. The highest BCUT2D eigenvalue weighted by molar-refractivity contribution is 5.81. The summed E-state index contributed by atoms with van der Waals surface area (Å²) in [4.78, 5) is 14.1. The molecule has 1 aliphatic heterocycles. The number of likely N-dealkylation sites (N-methyl/N-ethyl adjacent to an activating group) is 1. The van der Waals surface area contributed by atoms with Crippen LogP contribution in [0.1, 0.15) is 36.0 Å². The molecule has 1 unspecified atom stereocenters. The zero-order valence-corrected chi connectivity index (χ0v) is 14.2. The predicted octanol–water partition coefficient (Wildman–Crippen LogP) is 3.41. The Morgan fingerprint density at radius 1 is 1.17 bits per heavy atom. The Labute approximate surface area is 137 Å². The van der Waals surface area contributed by atoms with Crippen molar-refractivity contribution in [2.45, 2.75) is 45.8 Å². The smallest absolute Gasteiger partial charge is 0.336 e. The van der Waals surface area contributed by atoms with Crippen molar-refractivity contribution in [2.75, 3.05) is 20.2 Å². The molecule has 4 nitrogen and oxygen atoms in total. The molecule has 1 aliphatic rings. The van der Waals surface area contributed by atoms with Gasteiger partial charge in [0.15, 0.2) is 0 Å². The minimum Gasteiger partial charge on any atom is -0.423 e.